The van der Waals surface area contributed by atoms with E-state index in [9.17, 15) is 9.90 Å². The van der Waals surface area contributed by atoms with Crippen LogP contribution in [0.25, 0.3) is 0 Å². The van der Waals surface area contributed by atoms with E-state index in [1.165, 1.54) is 19.3 Å². The third-order valence-electron chi connectivity index (χ3n) is 6.06. The van der Waals surface area contributed by atoms with E-state index in [0.29, 0.717) is 29.5 Å². The molecule has 0 bridgehead atoms. The third kappa shape index (κ3) is 6.00. The number of nitrogens with two attached hydrogens (primary N) is 1. The number of amides is 2. The summed E-state index contributed by atoms with van der Waals surface area (Å²) in [6.45, 7) is 7.29. The van der Waals surface area contributed by atoms with Gasteiger partial charge in [0.2, 0.25) is 0 Å². The van der Waals surface area contributed by atoms with Crippen LogP contribution < -0.4 is 20.7 Å². The number of halogens is 1. The van der Waals surface area contributed by atoms with E-state index in [4.69, 9.17) is 22.1 Å². The van der Waals surface area contributed by atoms with Gasteiger partial charge in [0.05, 0.1) is 5.02 Å². The summed E-state index contributed by atoms with van der Waals surface area (Å²) in [5.74, 6) is 2.95. The van der Waals surface area contributed by atoms with Gasteiger partial charge in [-0.3, -0.25) is 4.90 Å². The average Bonchev–Trinajstić information content (AvgIpc) is 3.06. The number of hydrogen-bond donors (Lipinski definition) is 3. The summed E-state index contributed by atoms with van der Waals surface area (Å²) in [5, 5.41) is 13.7. The van der Waals surface area contributed by atoms with Crippen molar-refractivity contribution in [3.05, 3.63) is 23.2 Å². The van der Waals surface area contributed by atoms with Gasteiger partial charge in [0, 0.05) is 24.3 Å². The molecular formula is C22H34ClN3O3. The number of β-amino-alcohol motifs (C(OH)–C–C–N with tert-alkyl or cyclic N) is 1. The SMILES string of the molecule is CC(C)(C)NCC(O)COc1ccc(N(CCC2C3CCCC32)C(N)=O)cc1Cl. The van der Waals surface area contributed by atoms with Crippen LogP contribution in [0, 0.1) is 17.8 Å². The van der Waals surface area contributed by atoms with Crippen LogP contribution in [0.15, 0.2) is 18.2 Å². The fourth-order valence-corrected chi connectivity index (χ4v) is 4.72. The van der Waals surface area contributed by atoms with Gasteiger partial charge < -0.3 is 20.9 Å². The molecule has 0 saturated heterocycles. The van der Waals surface area contributed by atoms with Crippen molar-refractivity contribution < 1.29 is 14.6 Å². The molecule has 0 heterocycles. The van der Waals surface area contributed by atoms with Crippen molar-refractivity contribution in [1.29, 1.82) is 0 Å². The maximum atomic E-state index is 12.0. The highest BCUT2D eigenvalue weighted by molar-refractivity contribution is 6.32. The number of nitrogens with zero attached hydrogens (tertiary/aromatic N) is 1. The van der Waals surface area contributed by atoms with Crippen LogP contribution in [0.5, 0.6) is 5.75 Å². The second-order valence-electron chi connectivity index (χ2n) is 9.41. The number of rotatable bonds is 9. The first-order chi connectivity index (χ1) is 13.7. The highest BCUT2D eigenvalue weighted by Gasteiger charge is 2.51. The molecule has 2 amide bonds. The van der Waals surface area contributed by atoms with Gasteiger partial charge in [-0.2, -0.15) is 0 Å². The topological polar surface area (TPSA) is 87.8 Å². The Morgan fingerprint density at radius 3 is 2.66 bits per heavy atom. The number of nitrogens with one attached hydrogen (secondary N) is 1. The zero-order chi connectivity index (χ0) is 21.2. The Morgan fingerprint density at radius 2 is 2.07 bits per heavy atom. The largest absolute Gasteiger partial charge is 0.489 e. The molecule has 1 aromatic carbocycles. The number of urea groups is 1. The Kier molecular flexibility index (Phi) is 6.97. The summed E-state index contributed by atoms with van der Waals surface area (Å²) >= 11 is 6.36. The molecular weight excluding hydrogens is 390 g/mol. The van der Waals surface area contributed by atoms with Crippen LogP contribution in [0.2, 0.25) is 5.02 Å². The molecule has 4 N–H and O–H groups in total. The molecule has 162 valence electrons. The Morgan fingerprint density at radius 1 is 1.38 bits per heavy atom. The van der Waals surface area contributed by atoms with Gasteiger partial charge >= 0.3 is 6.03 Å². The highest BCUT2D eigenvalue weighted by atomic mass is 35.5. The molecule has 2 fully saturated rings. The molecule has 0 aliphatic heterocycles. The molecule has 2 aliphatic rings. The monoisotopic (exact) mass is 423 g/mol. The predicted octanol–water partition coefficient (Wildman–Crippen LogP) is 3.79. The van der Waals surface area contributed by atoms with Crippen molar-refractivity contribution in [2.75, 3.05) is 24.6 Å². The minimum atomic E-state index is -0.648. The lowest BCUT2D eigenvalue weighted by Gasteiger charge is -2.23. The van der Waals surface area contributed by atoms with E-state index in [1.54, 1.807) is 23.1 Å². The van der Waals surface area contributed by atoms with Gasteiger partial charge in [-0.05, 0) is 76.0 Å². The summed E-state index contributed by atoms with van der Waals surface area (Å²) in [6.07, 6.45) is 4.36. The Bertz CT molecular complexity index is 712. The van der Waals surface area contributed by atoms with Crippen LogP contribution in [0.4, 0.5) is 10.5 Å². The Hall–Kier alpha value is -1.50. The van der Waals surface area contributed by atoms with Crippen molar-refractivity contribution in [2.45, 2.75) is 58.1 Å². The highest BCUT2D eigenvalue weighted by Crippen LogP contribution is 2.59. The van der Waals surface area contributed by atoms with E-state index in [1.807, 2.05) is 20.8 Å². The van der Waals surface area contributed by atoms with Crippen LogP contribution >= 0.6 is 11.6 Å². The lowest BCUT2D eigenvalue weighted by molar-refractivity contribution is 0.100. The maximum Gasteiger partial charge on any atom is 0.319 e. The van der Waals surface area contributed by atoms with Gasteiger partial charge in [0.1, 0.15) is 18.5 Å². The molecule has 3 atom stereocenters. The van der Waals surface area contributed by atoms with Gasteiger partial charge in [0.25, 0.3) is 0 Å². The Balaban J connectivity index is 1.53. The van der Waals surface area contributed by atoms with E-state index >= 15 is 0 Å². The summed E-state index contributed by atoms with van der Waals surface area (Å²) in [7, 11) is 0. The number of carbonyl (C=O) groups is 1. The van der Waals surface area contributed by atoms with Crippen molar-refractivity contribution in [2.24, 2.45) is 23.5 Å². The fourth-order valence-electron chi connectivity index (χ4n) is 4.49. The van der Waals surface area contributed by atoms with Crippen molar-refractivity contribution in [3.63, 3.8) is 0 Å². The standard InChI is InChI=1S/C22H34ClN3O3/c1-22(2,3)25-12-15(27)13-29-20-8-7-14(11-19(20)23)26(21(24)28)10-9-18-16-5-4-6-17(16)18/h7-8,11,15-18,25,27H,4-6,9-10,12-13H2,1-3H3,(H2,24,28). The number of carbonyl (C=O) groups excluding carboxylic acids is 1. The van der Waals surface area contributed by atoms with Crippen molar-refractivity contribution in [3.8, 4) is 5.75 Å². The quantitative estimate of drug-likeness (QED) is 0.563. The van der Waals surface area contributed by atoms with Crippen molar-refractivity contribution in [1.82, 2.24) is 5.32 Å². The molecule has 2 saturated carbocycles. The number of aliphatic hydroxyl groups is 1. The zero-order valence-electron chi connectivity index (χ0n) is 17.7. The summed E-state index contributed by atoms with van der Waals surface area (Å²) < 4.78 is 5.66. The van der Waals surface area contributed by atoms with Crippen molar-refractivity contribution >= 4 is 23.3 Å². The second-order valence-corrected chi connectivity index (χ2v) is 9.82. The molecule has 6 nitrogen and oxygen atoms in total. The lowest BCUT2D eigenvalue weighted by Crippen LogP contribution is -2.42. The number of fused-ring (bicyclic) bond motifs is 1. The maximum absolute atomic E-state index is 12.0. The van der Waals surface area contributed by atoms with E-state index < -0.39 is 12.1 Å². The van der Waals surface area contributed by atoms with E-state index in [2.05, 4.69) is 5.32 Å². The van der Waals surface area contributed by atoms with Crippen LogP contribution in [-0.4, -0.2) is 42.5 Å². The number of hydrogen-bond acceptors (Lipinski definition) is 4. The van der Waals surface area contributed by atoms with Crippen LogP contribution in [0.1, 0.15) is 46.5 Å². The molecule has 7 heteroatoms. The number of aliphatic hydroxyl groups excluding tert-OH is 1. The molecule has 1 aromatic rings. The first-order valence-corrected chi connectivity index (χ1v) is 11.0. The van der Waals surface area contributed by atoms with Gasteiger partial charge in [-0.25, -0.2) is 4.79 Å². The molecule has 0 radical (unpaired) electrons. The van der Waals surface area contributed by atoms with Gasteiger partial charge in [0.15, 0.2) is 0 Å². The summed E-state index contributed by atoms with van der Waals surface area (Å²) in [5.41, 5.74) is 6.22. The second kappa shape index (κ2) is 9.11. The average molecular weight is 424 g/mol. The molecule has 3 rings (SSSR count). The van der Waals surface area contributed by atoms with Crippen LogP contribution in [-0.2, 0) is 0 Å². The predicted molar refractivity (Wildman–Crippen MR) is 117 cm³/mol. The van der Waals surface area contributed by atoms with E-state index in [0.717, 1.165) is 24.2 Å². The number of benzene rings is 1. The zero-order valence-corrected chi connectivity index (χ0v) is 18.4. The molecule has 2 aliphatic carbocycles. The number of anilines is 1. The fraction of sp³-hybridized carbons (Fsp3) is 0.682. The molecule has 0 spiro atoms. The van der Waals surface area contributed by atoms with Gasteiger partial charge in [-0.15, -0.1) is 0 Å². The number of primary amides is 1. The molecule has 3 unspecified atom stereocenters. The smallest absolute Gasteiger partial charge is 0.319 e. The van der Waals surface area contributed by atoms with E-state index in [-0.39, 0.29) is 12.1 Å². The molecule has 0 aromatic heterocycles. The van der Waals surface area contributed by atoms with Gasteiger partial charge in [-0.1, -0.05) is 18.0 Å². The summed E-state index contributed by atoms with van der Waals surface area (Å²) in [4.78, 5) is 13.6. The van der Waals surface area contributed by atoms with Crippen LogP contribution in [0.3, 0.4) is 0 Å². The minimum Gasteiger partial charge on any atom is -0.489 e. The first kappa shape index (κ1) is 22.2. The third-order valence-corrected chi connectivity index (χ3v) is 6.36. The Labute approximate surface area is 178 Å². The minimum absolute atomic E-state index is 0.0718. The normalized spacial score (nSPS) is 24.1. The first-order valence-electron chi connectivity index (χ1n) is 10.6. The summed E-state index contributed by atoms with van der Waals surface area (Å²) in [6, 6.07) is 4.75. The lowest BCUT2D eigenvalue weighted by atomic mass is 10.1. The molecule has 29 heavy (non-hydrogen) atoms. The number of ether oxygens (including phenoxy) is 1.